The molecule has 0 bridgehead atoms. The van der Waals surface area contributed by atoms with Crippen molar-refractivity contribution in [3.63, 3.8) is 0 Å². The lowest BCUT2D eigenvalue weighted by Gasteiger charge is -2.04. The number of fused-ring (bicyclic) bond motifs is 1. The van der Waals surface area contributed by atoms with E-state index in [-0.39, 0.29) is 25.9 Å². The molecule has 0 aliphatic rings. The van der Waals surface area contributed by atoms with Crippen molar-refractivity contribution in [1.82, 2.24) is 14.8 Å². The van der Waals surface area contributed by atoms with Gasteiger partial charge >= 0.3 is 6.18 Å². The zero-order valence-electron chi connectivity index (χ0n) is 12.0. The lowest BCUT2D eigenvalue weighted by Crippen LogP contribution is -2.08. The van der Waals surface area contributed by atoms with Gasteiger partial charge in [-0.15, -0.1) is 0 Å². The second kappa shape index (κ2) is 5.96. The first-order chi connectivity index (χ1) is 11.7. The monoisotopic (exact) mass is 459 g/mol. The van der Waals surface area contributed by atoms with E-state index >= 15 is 0 Å². The van der Waals surface area contributed by atoms with Gasteiger partial charge in [0.2, 0.25) is 0 Å². The zero-order valence-corrected chi connectivity index (χ0v) is 14.1. The molecular weight excluding hydrogens is 454 g/mol. The normalized spacial score (nSPS) is 11.5. The number of nitriles is 1. The summed E-state index contributed by atoms with van der Waals surface area (Å²) < 4.78 is 41.0. The predicted molar refractivity (Wildman–Crippen MR) is 88.0 cm³/mol. The number of rotatable bonds is 2. The molecule has 126 valence electrons. The molecule has 11 heteroatoms. The molecule has 0 N–H and O–H groups in total. The molecule has 0 amide bonds. The predicted octanol–water partition coefficient (Wildman–Crippen LogP) is 3.82. The number of nitro benzene ring substituents is 1. The topological polar surface area (TPSA) is 97.6 Å². The first-order valence-corrected chi connectivity index (χ1v) is 7.61. The third-order valence-corrected chi connectivity index (χ3v) is 4.21. The number of nitrogens with zero attached hydrogens (tertiary/aromatic N) is 5. The van der Waals surface area contributed by atoms with E-state index in [1.165, 1.54) is 24.4 Å². The van der Waals surface area contributed by atoms with Gasteiger partial charge in [0.1, 0.15) is 5.69 Å². The second-order valence-corrected chi connectivity index (χ2v) is 5.98. The Morgan fingerprint density at radius 2 is 2.04 bits per heavy atom. The van der Waals surface area contributed by atoms with E-state index < -0.39 is 22.5 Å². The molecule has 0 radical (unpaired) electrons. The Labute approximate surface area is 151 Å². The van der Waals surface area contributed by atoms with Crippen LogP contribution in [0.15, 0.2) is 30.5 Å². The minimum Gasteiger partial charge on any atom is -0.258 e. The van der Waals surface area contributed by atoms with Crippen molar-refractivity contribution in [3.05, 3.63) is 55.4 Å². The molecule has 7 nitrogen and oxygen atoms in total. The van der Waals surface area contributed by atoms with Gasteiger partial charge in [-0.05, 0) is 40.8 Å². The molecule has 0 aliphatic heterocycles. The smallest absolute Gasteiger partial charge is 0.258 e. The molecule has 2 heterocycles. The van der Waals surface area contributed by atoms with Gasteiger partial charge < -0.3 is 0 Å². The van der Waals surface area contributed by atoms with Crippen molar-refractivity contribution in [3.8, 4) is 11.8 Å². The number of benzene rings is 1. The SMILES string of the molecule is N#Cc1ccc(-n2nc(C(F)(F)F)c3c(I)ccnc32)c([N+](=O)[O-])c1. The molecule has 3 aromatic rings. The van der Waals surface area contributed by atoms with Gasteiger partial charge in [0.25, 0.3) is 5.69 Å². The van der Waals surface area contributed by atoms with Crippen molar-refractivity contribution in [2.75, 3.05) is 0 Å². The number of hydrogen-bond acceptors (Lipinski definition) is 5. The van der Waals surface area contributed by atoms with Gasteiger partial charge in [0.05, 0.1) is 21.9 Å². The number of halogens is 4. The van der Waals surface area contributed by atoms with E-state index in [2.05, 4.69) is 10.1 Å². The Morgan fingerprint density at radius 3 is 2.64 bits per heavy atom. The molecular formula is C14H5F3IN5O2. The van der Waals surface area contributed by atoms with Crippen molar-refractivity contribution >= 4 is 39.3 Å². The quantitative estimate of drug-likeness (QED) is 0.330. The summed E-state index contributed by atoms with van der Waals surface area (Å²) in [5.74, 6) is 0. The van der Waals surface area contributed by atoms with Crippen LogP contribution in [0.1, 0.15) is 11.3 Å². The van der Waals surface area contributed by atoms with Crippen LogP contribution in [0.4, 0.5) is 18.9 Å². The summed E-state index contributed by atoms with van der Waals surface area (Å²) in [6.07, 6.45) is -3.47. The maximum absolute atomic E-state index is 13.3. The molecule has 1 aromatic carbocycles. The summed E-state index contributed by atoms with van der Waals surface area (Å²) in [6, 6.07) is 6.54. The number of pyridine rings is 1. The minimum absolute atomic E-state index is 0.00509. The number of hydrogen-bond donors (Lipinski definition) is 0. The molecule has 0 unspecified atom stereocenters. The molecule has 0 saturated carbocycles. The zero-order chi connectivity index (χ0) is 18.4. The molecule has 0 atom stereocenters. The Kier molecular flexibility index (Phi) is 4.07. The van der Waals surface area contributed by atoms with E-state index in [9.17, 15) is 23.3 Å². The number of alkyl halides is 3. The minimum atomic E-state index is -4.76. The van der Waals surface area contributed by atoms with E-state index in [1.807, 2.05) is 0 Å². The van der Waals surface area contributed by atoms with Crippen LogP contribution in [0.5, 0.6) is 0 Å². The molecule has 25 heavy (non-hydrogen) atoms. The summed E-state index contributed by atoms with van der Waals surface area (Å²) >= 11 is 1.72. The number of aromatic nitrogens is 3. The molecule has 3 rings (SSSR count). The van der Waals surface area contributed by atoms with E-state index in [1.54, 1.807) is 28.7 Å². The third-order valence-electron chi connectivity index (χ3n) is 3.32. The summed E-state index contributed by atoms with van der Waals surface area (Å²) in [6.45, 7) is 0. The average Bonchev–Trinajstić information content (AvgIpc) is 2.95. The summed E-state index contributed by atoms with van der Waals surface area (Å²) in [5, 5.41) is 23.4. The maximum atomic E-state index is 13.3. The van der Waals surface area contributed by atoms with Crippen LogP contribution in [0.25, 0.3) is 16.7 Å². The lowest BCUT2D eigenvalue weighted by atomic mass is 10.2. The first kappa shape index (κ1) is 17.1. The average molecular weight is 459 g/mol. The molecule has 0 fully saturated rings. The van der Waals surface area contributed by atoms with Gasteiger partial charge in [0.15, 0.2) is 11.3 Å². The fourth-order valence-electron chi connectivity index (χ4n) is 2.29. The van der Waals surface area contributed by atoms with Crippen molar-refractivity contribution < 1.29 is 18.1 Å². The highest BCUT2D eigenvalue weighted by atomic mass is 127. The van der Waals surface area contributed by atoms with Gasteiger partial charge in [-0.3, -0.25) is 10.1 Å². The fraction of sp³-hybridized carbons (Fsp3) is 0.0714. The second-order valence-electron chi connectivity index (χ2n) is 4.82. The highest BCUT2D eigenvalue weighted by Crippen LogP contribution is 2.37. The van der Waals surface area contributed by atoms with E-state index in [4.69, 9.17) is 5.26 Å². The van der Waals surface area contributed by atoms with Crippen molar-refractivity contribution in [2.45, 2.75) is 6.18 Å². The van der Waals surface area contributed by atoms with E-state index in [0.29, 0.717) is 0 Å². The van der Waals surface area contributed by atoms with Crippen LogP contribution in [0, 0.1) is 25.0 Å². The van der Waals surface area contributed by atoms with Crippen LogP contribution in [-0.2, 0) is 6.18 Å². The van der Waals surface area contributed by atoms with Gasteiger partial charge in [0, 0.05) is 15.8 Å². The fourth-order valence-corrected chi connectivity index (χ4v) is 2.95. The highest BCUT2D eigenvalue weighted by molar-refractivity contribution is 14.1. The van der Waals surface area contributed by atoms with Gasteiger partial charge in [-0.25, -0.2) is 9.67 Å². The largest absolute Gasteiger partial charge is 0.435 e. The third kappa shape index (κ3) is 2.88. The molecule has 2 aromatic heterocycles. The summed E-state index contributed by atoms with van der Waals surface area (Å²) in [5.41, 5.74) is -2.09. The van der Waals surface area contributed by atoms with Crippen molar-refractivity contribution in [2.24, 2.45) is 0 Å². The van der Waals surface area contributed by atoms with Gasteiger partial charge in [-0.1, -0.05) is 0 Å². The Bertz CT molecular complexity index is 1060. The summed E-state index contributed by atoms with van der Waals surface area (Å²) in [4.78, 5) is 14.4. The van der Waals surface area contributed by atoms with Crippen LogP contribution in [0.3, 0.4) is 0 Å². The maximum Gasteiger partial charge on any atom is 0.435 e. The summed E-state index contributed by atoms with van der Waals surface area (Å²) in [7, 11) is 0. The molecule has 0 spiro atoms. The van der Waals surface area contributed by atoms with Crippen molar-refractivity contribution in [1.29, 1.82) is 5.26 Å². The van der Waals surface area contributed by atoms with Crippen LogP contribution in [0.2, 0.25) is 0 Å². The highest BCUT2D eigenvalue weighted by Gasteiger charge is 2.39. The van der Waals surface area contributed by atoms with Crippen LogP contribution in [-0.4, -0.2) is 19.7 Å². The van der Waals surface area contributed by atoms with Gasteiger partial charge in [-0.2, -0.15) is 23.5 Å². The van der Waals surface area contributed by atoms with E-state index in [0.717, 1.165) is 10.7 Å². The molecule has 0 saturated heterocycles. The standard InChI is InChI=1S/C14H5F3IN5O2/c15-14(16,17)12-11-8(18)3-4-20-13(11)22(21-12)9-2-1-7(6-19)5-10(9)23(24)25/h1-5H. The molecule has 0 aliphatic carbocycles. The van der Waals surface area contributed by atoms with Crippen LogP contribution >= 0.6 is 22.6 Å². The van der Waals surface area contributed by atoms with Crippen LogP contribution < -0.4 is 0 Å². The number of nitro groups is 1. The lowest BCUT2D eigenvalue weighted by molar-refractivity contribution is -0.384. The Hall–Kier alpha value is -2.75. The Morgan fingerprint density at radius 1 is 1.32 bits per heavy atom. The Balaban J connectivity index is 2.41. The first-order valence-electron chi connectivity index (χ1n) is 6.53.